The minimum atomic E-state index is -1.09. The van der Waals surface area contributed by atoms with Crippen molar-refractivity contribution in [1.82, 2.24) is 35.6 Å². The average molecular weight is 769 g/mol. The summed E-state index contributed by atoms with van der Waals surface area (Å²) in [5, 5.41) is 18.4. The smallest absolute Gasteiger partial charge is 0.262 e. The topological polar surface area (TPSA) is 185 Å². The van der Waals surface area contributed by atoms with E-state index < -0.39 is 35.7 Å². The van der Waals surface area contributed by atoms with Crippen molar-refractivity contribution in [3.63, 3.8) is 0 Å². The van der Waals surface area contributed by atoms with Crippen LogP contribution in [-0.2, 0) is 25.6 Å². The molecule has 14 nitrogen and oxygen atoms in total. The molecule has 16 heteroatoms. The number of carbonyl (C=O) groups is 6. The van der Waals surface area contributed by atoms with Crippen molar-refractivity contribution in [2.75, 3.05) is 13.1 Å². The number of thiophene rings is 1. The number of hydrogen-bond acceptors (Lipinski definition) is 10. The number of halogens is 1. The van der Waals surface area contributed by atoms with Gasteiger partial charge in [0.1, 0.15) is 22.9 Å². The third-order valence-electron chi connectivity index (χ3n) is 9.89. The van der Waals surface area contributed by atoms with E-state index in [0.29, 0.717) is 48.2 Å². The Morgan fingerprint density at radius 1 is 0.926 bits per heavy atom. The van der Waals surface area contributed by atoms with E-state index in [-0.39, 0.29) is 48.6 Å². The van der Waals surface area contributed by atoms with Gasteiger partial charge in [0.2, 0.25) is 23.6 Å². The molecule has 278 valence electrons. The standard InChI is InChI=1S/C38H37ClN8O6S/c1-19-20(2)54-38-31(19)33(22-9-11-24(39)12-10-22)42-26(34-45-44-21(3)46(34)38)18-30(50)41-16-5-4-15-40-29(49)17-23-7-6-8-25-32(23)37(53)47(36(25)52)27-13-14-28(48)43-35(27)51/h6-12,26-27H,4-5,13-18H2,1-3H3,(H,40,49)(H,41,50)(H,43,48,51)/t26-,27?/m0/s1. The number of aryl methyl sites for hydroxylation is 2. The molecule has 54 heavy (non-hydrogen) atoms. The summed E-state index contributed by atoms with van der Waals surface area (Å²) in [5.74, 6) is -1.67. The minimum Gasteiger partial charge on any atom is -0.356 e. The summed E-state index contributed by atoms with van der Waals surface area (Å²) in [4.78, 5) is 83.8. The van der Waals surface area contributed by atoms with Crippen molar-refractivity contribution < 1.29 is 28.8 Å². The van der Waals surface area contributed by atoms with Crippen LogP contribution in [0.2, 0.25) is 5.02 Å². The molecule has 1 fully saturated rings. The van der Waals surface area contributed by atoms with Crippen molar-refractivity contribution in [2.24, 2.45) is 4.99 Å². The van der Waals surface area contributed by atoms with E-state index in [1.165, 1.54) is 6.07 Å². The molecule has 2 atom stereocenters. The molecule has 0 bridgehead atoms. The maximum atomic E-state index is 13.3. The molecule has 5 heterocycles. The molecule has 7 rings (SSSR count). The second-order valence-electron chi connectivity index (χ2n) is 13.5. The summed E-state index contributed by atoms with van der Waals surface area (Å²) in [6, 6.07) is 10.5. The largest absolute Gasteiger partial charge is 0.356 e. The Morgan fingerprint density at radius 3 is 2.37 bits per heavy atom. The van der Waals surface area contributed by atoms with Crippen LogP contribution in [0, 0.1) is 20.8 Å². The second kappa shape index (κ2) is 15.1. The highest BCUT2D eigenvalue weighted by atomic mass is 35.5. The van der Waals surface area contributed by atoms with Gasteiger partial charge >= 0.3 is 0 Å². The first-order valence-electron chi connectivity index (χ1n) is 17.7. The predicted molar refractivity (Wildman–Crippen MR) is 200 cm³/mol. The van der Waals surface area contributed by atoms with E-state index >= 15 is 0 Å². The maximum absolute atomic E-state index is 13.3. The molecule has 0 spiro atoms. The van der Waals surface area contributed by atoms with Crippen LogP contribution >= 0.6 is 22.9 Å². The van der Waals surface area contributed by atoms with E-state index in [4.69, 9.17) is 16.6 Å². The number of hydrogen-bond donors (Lipinski definition) is 3. The summed E-state index contributed by atoms with van der Waals surface area (Å²) in [6.45, 7) is 6.74. The summed E-state index contributed by atoms with van der Waals surface area (Å²) >= 11 is 7.85. The Hall–Kier alpha value is -5.54. The fraction of sp³-hybridized carbons (Fsp3) is 0.342. The highest BCUT2D eigenvalue weighted by Gasteiger charge is 2.45. The number of rotatable bonds is 11. The molecule has 3 aliphatic heterocycles. The van der Waals surface area contributed by atoms with Crippen LogP contribution < -0.4 is 16.0 Å². The van der Waals surface area contributed by atoms with Crippen molar-refractivity contribution in [2.45, 2.75) is 71.4 Å². The van der Waals surface area contributed by atoms with Gasteiger partial charge in [-0.2, -0.15) is 0 Å². The molecule has 1 unspecified atom stereocenters. The van der Waals surface area contributed by atoms with Gasteiger partial charge in [-0.25, -0.2) is 0 Å². The maximum Gasteiger partial charge on any atom is 0.262 e. The molecule has 3 N–H and O–H groups in total. The third kappa shape index (κ3) is 6.96. The number of imide groups is 2. The van der Waals surface area contributed by atoms with Gasteiger partial charge in [0.05, 0.1) is 29.7 Å². The van der Waals surface area contributed by atoms with E-state index in [9.17, 15) is 28.8 Å². The van der Waals surface area contributed by atoms with Gasteiger partial charge in [0.25, 0.3) is 11.8 Å². The van der Waals surface area contributed by atoms with Crippen molar-refractivity contribution in [1.29, 1.82) is 0 Å². The second-order valence-corrected chi connectivity index (χ2v) is 15.1. The number of aliphatic imine (C=N–C) groups is 1. The lowest BCUT2D eigenvalue weighted by Gasteiger charge is -2.27. The summed E-state index contributed by atoms with van der Waals surface area (Å²) < 4.78 is 2.00. The Labute approximate surface area is 319 Å². The fourth-order valence-corrected chi connectivity index (χ4v) is 8.39. The van der Waals surface area contributed by atoms with E-state index in [0.717, 1.165) is 37.2 Å². The number of carbonyl (C=O) groups excluding carboxylic acids is 6. The Kier molecular flexibility index (Phi) is 10.3. The number of nitrogens with zero attached hydrogens (tertiary/aromatic N) is 5. The monoisotopic (exact) mass is 768 g/mol. The van der Waals surface area contributed by atoms with Crippen LogP contribution in [0.5, 0.6) is 0 Å². The summed E-state index contributed by atoms with van der Waals surface area (Å²) in [6.07, 6.45) is 1.15. The molecule has 4 aromatic rings. The number of piperidine rings is 1. The van der Waals surface area contributed by atoms with Crippen LogP contribution in [0.25, 0.3) is 5.00 Å². The third-order valence-corrected chi connectivity index (χ3v) is 11.3. The van der Waals surface area contributed by atoms with Gasteiger partial charge in [0.15, 0.2) is 5.82 Å². The lowest BCUT2D eigenvalue weighted by molar-refractivity contribution is -0.136. The number of benzene rings is 2. The first kappa shape index (κ1) is 36.8. The molecule has 0 aliphatic carbocycles. The Bertz CT molecular complexity index is 2260. The first-order valence-corrected chi connectivity index (χ1v) is 18.9. The molecule has 2 aromatic heterocycles. The normalized spacial score (nSPS) is 17.7. The number of fused-ring (bicyclic) bond motifs is 4. The molecule has 1 saturated heterocycles. The number of amides is 6. The zero-order valence-electron chi connectivity index (χ0n) is 29.8. The van der Waals surface area contributed by atoms with E-state index in [2.05, 4.69) is 40.0 Å². The Balaban J connectivity index is 0.935. The molecular weight excluding hydrogens is 732 g/mol. The molecule has 3 aliphatic rings. The average Bonchev–Trinajstić information content (AvgIpc) is 3.71. The van der Waals surface area contributed by atoms with Crippen molar-refractivity contribution in [3.05, 3.63) is 97.4 Å². The molecule has 0 saturated carbocycles. The lowest BCUT2D eigenvalue weighted by atomic mass is 9.99. The fourth-order valence-electron chi connectivity index (χ4n) is 7.05. The van der Waals surface area contributed by atoms with Gasteiger partial charge in [-0.3, -0.25) is 48.5 Å². The van der Waals surface area contributed by atoms with E-state index in [1.54, 1.807) is 23.5 Å². The quantitative estimate of drug-likeness (QED) is 0.152. The van der Waals surface area contributed by atoms with Gasteiger partial charge in [0, 0.05) is 40.5 Å². The van der Waals surface area contributed by atoms with Crippen LogP contribution in [-0.4, -0.2) is 80.0 Å². The number of nitrogens with one attached hydrogen (secondary N) is 3. The van der Waals surface area contributed by atoms with Crippen LogP contribution in [0.1, 0.15) is 97.6 Å². The zero-order chi connectivity index (χ0) is 38.3. The molecular formula is C38H37ClN8O6S. The highest BCUT2D eigenvalue weighted by molar-refractivity contribution is 7.15. The summed E-state index contributed by atoms with van der Waals surface area (Å²) in [5.41, 5.74) is 4.33. The van der Waals surface area contributed by atoms with Gasteiger partial charge in [-0.15, -0.1) is 21.5 Å². The van der Waals surface area contributed by atoms with Gasteiger partial charge in [-0.05, 0) is 69.4 Å². The summed E-state index contributed by atoms with van der Waals surface area (Å²) in [7, 11) is 0. The van der Waals surface area contributed by atoms with Crippen LogP contribution in [0.3, 0.4) is 0 Å². The predicted octanol–water partition coefficient (Wildman–Crippen LogP) is 3.85. The zero-order valence-corrected chi connectivity index (χ0v) is 31.4. The van der Waals surface area contributed by atoms with Crippen LogP contribution in [0.15, 0.2) is 47.5 Å². The van der Waals surface area contributed by atoms with Gasteiger partial charge < -0.3 is 10.6 Å². The molecule has 6 amide bonds. The number of aromatic nitrogens is 3. The van der Waals surface area contributed by atoms with Gasteiger partial charge in [-0.1, -0.05) is 35.9 Å². The molecule has 2 aromatic carbocycles. The minimum absolute atomic E-state index is 0.0173. The van der Waals surface area contributed by atoms with Crippen molar-refractivity contribution >= 4 is 64.1 Å². The number of unbranched alkanes of at least 4 members (excludes halogenated alkanes) is 1. The molecule has 0 radical (unpaired) electrons. The SMILES string of the molecule is Cc1sc2c(c1C)C(c1ccc(Cl)cc1)=N[C@@H](CC(=O)NCCCCNC(=O)Cc1cccc3c1C(=O)N(C1CCC(=O)NC1=O)C3=O)c1nnc(C)n1-2. The Morgan fingerprint density at radius 2 is 1.65 bits per heavy atom. The van der Waals surface area contributed by atoms with Crippen LogP contribution in [0.4, 0.5) is 0 Å². The lowest BCUT2D eigenvalue weighted by Crippen LogP contribution is -2.54. The van der Waals surface area contributed by atoms with Crippen molar-refractivity contribution in [3.8, 4) is 5.00 Å². The highest BCUT2D eigenvalue weighted by Crippen LogP contribution is 2.39. The first-order chi connectivity index (χ1) is 25.9. The van der Waals surface area contributed by atoms with E-state index in [1.807, 2.05) is 35.8 Å².